The second-order valence-corrected chi connectivity index (χ2v) is 5.95. The first kappa shape index (κ1) is 16.9. The summed E-state index contributed by atoms with van der Waals surface area (Å²) in [5, 5.41) is 3.73. The fourth-order valence-corrected chi connectivity index (χ4v) is 3.40. The molecule has 3 nitrogen and oxygen atoms in total. The second kappa shape index (κ2) is 9.73. The molecule has 0 aromatic rings. The van der Waals surface area contributed by atoms with E-state index in [0.29, 0.717) is 12.1 Å². The normalized spacial score (nSPS) is 20.7. The minimum absolute atomic E-state index is 0.514. The zero-order chi connectivity index (χ0) is 14.1. The minimum atomic E-state index is 0.514. The Morgan fingerprint density at radius 3 is 2.42 bits per heavy atom. The van der Waals surface area contributed by atoms with Crippen LogP contribution in [0.5, 0.6) is 0 Å². The van der Waals surface area contributed by atoms with Crippen LogP contribution >= 0.6 is 0 Å². The van der Waals surface area contributed by atoms with Gasteiger partial charge in [0.1, 0.15) is 0 Å². The van der Waals surface area contributed by atoms with Crippen molar-refractivity contribution in [3.8, 4) is 0 Å². The molecule has 0 aromatic heterocycles. The van der Waals surface area contributed by atoms with Crippen LogP contribution in [0.2, 0.25) is 0 Å². The third kappa shape index (κ3) is 5.80. The lowest BCUT2D eigenvalue weighted by atomic mass is 9.83. The quantitative estimate of drug-likeness (QED) is 0.697. The average molecular weight is 270 g/mol. The first-order chi connectivity index (χ1) is 9.22. The van der Waals surface area contributed by atoms with Crippen molar-refractivity contribution >= 4 is 0 Å². The Balaban J connectivity index is 2.53. The van der Waals surface area contributed by atoms with Crippen LogP contribution in [0, 0.1) is 5.92 Å². The van der Waals surface area contributed by atoms with Gasteiger partial charge >= 0.3 is 0 Å². The summed E-state index contributed by atoms with van der Waals surface area (Å²) < 4.78 is 5.31. The fourth-order valence-electron chi connectivity index (χ4n) is 3.40. The number of rotatable bonds is 9. The summed E-state index contributed by atoms with van der Waals surface area (Å²) in [6, 6.07) is 1.17. The molecule has 2 atom stereocenters. The van der Waals surface area contributed by atoms with Crippen LogP contribution in [0.15, 0.2) is 0 Å². The summed E-state index contributed by atoms with van der Waals surface area (Å²) in [6.45, 7) is 10.9. The Bertz CT molecular complexity index is 217. The van der Waals surface area contributed by atoms with Crippen LogP contribution < -0.4 is 5.32 Å². The van der Waals surface area contributed by atoms with Crippen LogP contribution in [0.1, 0.15) is 52.9 Å². The van der Waals surface area contributed by atoms with E-state index in [0.717, 1.165) is 25.6 Å². The molecule has 0 heterocycles. The Labute approximate surface area is 120 Å². The smallest absolute Gasteiger partial charge is 0.0615 e. The van der Waals surface area contributed by atoms with Crippen molar-refractivity contribution in [2.75, 3.05) is 33.4 Å². The molecule has 2 unspecified atom stereocenters. The summed E-state index contributed by atoms with van der Waals surface area (Å²) >= 11 is 0. The van der Waals surface area contributed by atoms with Gasteiger partial charge in [-0.3, -0.25) is 4.90 Å². The van der Waals surface area contributed by atoms with Crippen molar-refractivity contribution in [2.24, 2.45) is 5.92 Å². The molecule has 1 aliphatic carbocycles. The van der Waals surface area contributed by atoms with Gasteiger partial charge in [-0.05, 0) is 38.8 Å². The van der Waals surface area contributed by atoms with Crippen LogP contribution in [-0.2, 0) is 4.74 Å². The number of likely N-dealkylation sites (N-methyl/N-ethyl adjacent to an activating group) is 2. The number of ether oxygens (including phenoxy) is 1. The SMILES string of the molecule is CCNC(CN(CC)C(C)COC)C1CCCCC1. The number of nitrogens with zero attached hydrogens (tertiary/aromatic N) is 1. The van der Waals surface area contributed by atoms with Gasteiger partial charge in [0.2, 0.25) is 0 Å². The molecule has 19 heavy (non-hydrogen) atoms. The molecule has 0 spiro atoms. The van der Waals surface area contributed by atoms with Gasteiger partial charge in [0.15, 0.2) is 0 Å². The lowest BCUT2D eigenvalue weighted by molar-refractivity contribution is 0.0858. The van der Waals surface area contributed by atoms with Crippen LogP contribution in [0.4, 0.5) is 0 Å². The van der Waals surface area contributed by atoms with Crippen molar-refractivity contribution in [1.29, 1.82) is 0 Å². The number of nitrogens with one attached hydrogen (secondary N) is 1. The van der Waals surface area contributed by atoms with Gasteiger partial charge in [-0.15, -0.1) is 0 Å². The molecule has 3 heteroatoms. The van der Waals surface area contributed by atoms with E-state index < -0.39 is 0 Å². The highest BCUT2D eigenvalue weighted by Crippen LogP contribution is 2.27. The first-order valence-corrected chi connectivity index (χ1v) is 8.19. The van der Waals surface area contributed by atoms with E-state index in [9.17, 15) is 0 Å². The fraction of sp³-hybridized carbons (Fsp3) is 1.00. The molecule has 1 aliphatic rings. The van der Waals surface area contributed by atoms with Gasteiger partial charge in [0.25, 0.3) is 0 Å². The van der Waals surface area contributed by atoms with Gasteiger partial charge < -0.3 is 10.1 Å². The lowest BCUT2D eigenvalue weighted by Crippen LogP contribution is -2.49. The standard InChI is InChI=1S/C16H34N2O/c1-5-17-16(15-10-8-7-9-11-15)12-18(6-2)14(3)13-19-4/h14-17H,5-13H2,1-4H3. The predicted octanol–water partition coefficient (Wildman–Crippen LogP) is 2.90. The van der Waals surface area contributed by atoms with Gasteiger partial charge in [-0.1, -0.05) is 33.1 Å². The highest BCUT2D eigenvalue weighted by atomic mass is 16.5. The van der Waals surface area contributed by atoms with Gasteiger partial charge in [0.05, 0.1) is 6.61 Å². The Kier molecular flexibility index (Phi) is 8.67. The van der Waals surface area contributed by atoms with E-state index in [1.54, 1.807) is 7.11 Å². The number of methoxy groups -OCH3 is 1. The van der Waals surface area contributed by atoms with Crippen molar-refractivity contribution in [3.05, 3.63) is 0 Å². The maximum absolute atomic E-state index is 5.31. The number of hydrogen-bond acceptors (Lipinski definition) is 3. The van der Waals surface area contributed by atoms with Gasteiger partial charge in [0, 0.05) is 25.7 Å². The molecular weight excluding hydrogens is 236 g/mol. The summed E-state index contributed by atoms with van der Waals surface area (Å²) in [7, 11) is 1.80. The molecule has 114 valence electrons. The molecule has 0 radical (unpaired) electrons. The van der Waals surface area contributed by atoms with E-state index in [-0.39, 0.29) is 0 Å². The van der Waals surface area contributed by atoms with Crippen molar-refractivity contribution in [1.82, 2.24) is 10.2 Å². The highest BCUT2D eigenvalue weighted by molar-refractivity contribution is 4.83. The molecule has 0 saturated heterocycles. The highest BCUT2D eigenvalue weighted by Gasteiger charge is 2.25. The lowest BCUT2D eigenvalue weighted by Gasteiger charge is -2.37. The Hall–Kier alpha value is -0.120. The Morgan fingerprint density at radius 2 is 1.89 bits per heavy atom. The zero-order valence-corrected chi connectivity index (χ0v) is 13.5. The van der Waals surface area contributed by atoms with Crippen molar-refractivity contribution in [2.45, 2.75) is 65.0 Å². The second-order valence-electron chi connectivity index (χ2n) is 5.95. The molecule has 0 aliphatic heterocycles. The summed E-state index contributed by atoms with van der Waals surface area (Å²) in [5.74, 6) is 0.873. The summed E-state index contributed by atoms with van der Waals surface area (Å²) in [4.78, 5) is 2.56. The largest absolute Gasteiger partial charge is 0.383 e. The maximum Gasteiger partial charge on any atom is 0.0615 e. The van der Waals surface area contributed by atoms with Crippen LogP contribution in [0.25, 0.3) is 0 Å². The van der Waals surface area contributed by atoms with Crippen LogP contribution in [0.3, 0.4) is 0 Å². The van der Waals surface area contributed by atoms with Crippen molar-refractivity contribution in [3.63, 3.8) is 0 Å². The van der Waals surface area contributed by atoms with Crippen LogP contribution in [-0.4, -0.2) is 50.3 Å². The van der Waals surface area contributed by atoms with E-state index in [1.165, 1.54) is 38.6 Å². The van der Waals surface area contributed by atoms with E-state index >= 15 is 0 Å². The molecule has 0 aromatic carbocycles. The zero-order valence-electron chi connectivity index (χ0n) is 13.5. The average Bonchev–Trinajstić information content (AvgIpc) is 2.44. The summed E-state index contributed by atoms with van der Waals surface area (Å²) in [6.07, 6.45) is 7.10. The molecule has 0 bridgehead atoms. The van der Waals surface area contributed by atoms with Gasteiger partial charge in [-0.25, -0.2) is 0 Å². The van der Waals surface area contributed by atoms with E-state index in [1.807, 2.05) is 0 Å². The van der Waals surface area contributed by atoms with Crippen molar-refractivity contribution < 1.29 is 4.74 Å². The topological polar surface area (TPSA) is 24.5 Å². The molecular formula is C16H34N2O. The Morgan fingerprint density at radius 1 is 1.21 bits per heavy atom. The monoisotopic (exact) mass is 270 g/mol. The third-order valence-electron chi connectivity index (χ3n) is 4.55. The first-order valence-electron chi connectivity index (χ1n) is 8.19. The molecule has 1 N–H and O–H groups in total. The predicted molar refractivity (Wildman–Crippen MR) is 82.6 cm³/mol. The van der Waals surface area contributed by atoms with E-state index in [2.05, 4.69) is 31.0 Å². The van der Waals surface area contributed by atoms with Gasteiger partial charge in [-0.2, -0.15) is 0 Å². The molecule has 0 amide bonds. The summed E-state index contributed by atoms with van der Waals surface area (Å²) in [5.41, 5.74) is 0. The molecule has 1 rings (SSSR count). The maximum atomic E-state index is 5.31. The third-order valence-corrected chi connectivity index (χ3v) is 4.55. The minimum Gasteiger partial charge on any atom is -0.383 e. The van der Waals surface area contributed by atoms with E-state index in [4.69, 9.17) is 4.74 Å². The molecule has 1 fully saturated rings. The molecule has 1 saturated carbocycles. The number of hydrogen-bond donors (Lipinski definition) is 1.